The van der Waals surface area contributed by atoms with Crippen LogP contribution in [-0.2, 0) is 12.8 Å². The molecular weight excluding hydrogens is 268 g/mol. The second-order valence-electron chi connectivity index (χ2n) is 5.06. The van der Waals surface area contributed by atoms with Gasteiger partial charge in [-0.25, -0.2) is 4.98 Å². The number of fused-ring (bicyclic) bond motifs is 1. The van der Waals surface area contributed by atoms with Gasteiger partial charge < -0.3 is 0 Å². The molecule has 0 atom stereocenters. The molecule has 4 heteroatoms. The number of pyridine rings is 1. The van der Waals surface area contributed by atoms with E-state index < -0.39 is 0 Å². The molecule has 0 bridgehead atoms. The molecule has 3 rings (SSSR count). The lowest BCUT2D eigenvalue weighted by Gasteiger charge is -2.27. The quantitative estimate of drug-likeness (QED) is 0.862. The Kier molecular flexibility index (Phi) is 3.83. The second kappa shape index (κ2) is 5.75. The number of aryl methyl sites for hydroxylation is 2. The van der Waals surface area contributed by atoms with Crippen LogP contribution in [0.5, 0.6) is 0 Å². The van der Waals surface area contributed by atoms with Gasteiger partial charge in [0, 0.05) is 17.6 Å². The third-order valence-electron chi connectivity index (χ3n) is 3.57. The van der Waals surface area contributed by atoms with Crippen molar-refractivity contribution >= 4 is 23.1 Å². The van der Waals surface area contributed by atoms with Gasteiger partial charge in [0.2, 0.25) is 0 Å². The van der Waals surface area contributed by atoms with E-state index in [-0.39, 0.29) is 5.91 Å². The summed E-state index contributed by atoms with van der Waals surface area (Å²) >= 11 is 1.61. The summed E-state index contributed by atoms with van der Waals surface area (Å²) < 4.78 is 0. The van der Waals surface area contributed by atoms with Gasteiger partial charge in [-0.05, 0) is 43.0 Å². The van der Waals surface area contributed by atoms with Crippen LogP contribution in [0, 0.1) is 0 Å². The Labute approximate surface area is 123 Å². The number of aromatic nitrogens is 1. The van der Waals surface area contributed by atoms with Crippen molar-refractivity contribution in [2.75, 3.05) is 11.4 Å². The van der Waals surface area contributed by atoms with Crippen LogP contribution in [0.25, 0.3) is 0 Å². The van der Waals surface area contributed by atoms with Crippen molar-refractivity contribution in [3.63, 3.8) is 0 Å². The lowest BCUT2D eigenvalue weighted by molar-refractivity contribution is 0.0988. The number of thiophene rings is 1. The number of amides is 1. The number of hydrogen-bond donors (Lipinski definition) is 0. The summed E-state index contributed by atoms with van der Waals surface area (Å²) in [5, 5.41) is 0. The summed E-state index contributed by atoms with van der Waals surface area (Å²) in [5.41, 5.74) is 1.18. The molecule has 0 spiro atoms. The predicted molar refractivity (Wildman–Crippen MR) is 82.5 cm³/mol. The molecule has 0 unspecified atom stereocenters. The molecule has 0 aliphatic carbocycles. The summed E-state index contributed by atoms with van der Waals surface area (Å²) in [6.45, 7) is 2.93. The largest absolute Gasteiger partial charge is 0.292 e. The maximum Gasteiger partial charge on any atom is 0.269 e. The highest BCUT2D eigenvalue weighted by Crippen LogP contribution is 2.28. The van der Waals surface area contributed by atoms with Crippen LogP contribution in [0.2, 0.25) is 0 Å². The molecule has 20 heavy (non-hydrogen) atoms. The van der Waals surface area contributed by atoms with Crippen LogP contribution in [0.1, 0.15) is 39.9 Å². The van der Waals surface area contributed by atoms with Crippen LogP contribution in [-0.4, -0.2) is 17.4 Å². The average molecular weight is 286 g/mol. The highest BCUT2D eigenvalue weighted by molar-refractivity contribution is 7.14. The summed E-state index contributed by atoms with van der Waals surface area (Å²) in [4.78, 5) is 21.0. The first-order chi connectivity index (χ1) is 9.79. The van der Waals surface area contributed by atoms with Gasteiger partial charge in [0.15, 0.2) is 0 Å². The summed E-state index contributed by atoms with van der Waals surface area (Å²) in [5.74, 6) is 0.936. The van der Waals surface area contributed by atoms with E-state index in [4.69, 9.17) is 0 Å². The second-order valence-corrected chi connectivity index (χ2v) is 6.23. The zero-order chi connectivity index (χ0) is 13.9. The third-order valence-corrected chi connectivity index (χ3v) is 4.70. The Morgan fingerprint density at radius 2 is 2.30 bits per heavy atom. The first kappa shape index (κ1) is 13.3. The fraction of sp³-hybridized carbons (Fsp3) is 0.375. The van der Waals surface area contributed by atoms with E-state index in [0.29, 0.717) is 0 Å². The van der Waals surface area contributed by atoms with E-state index >= 15 is 0 Å². The van der Waals surface area contributed by atoms with Gasteiger partial charge in [0.1, 0.15) is 5.82 Å². The van der Waals surface area contributed by atoms with E-state index in [1.165, 1.54) is 10.4 Å². The lowest BCUT2D eigenvalue weighted by atomic mass is 10.1. The van der Waals surface area contributed by atoms with E-state index in [9.17, 15) is 4.79 Å². The van der Waals surface area contributed by atoms with Crippen molar-refractivity contribution in [2.24, 2.45) is 0 Å². The maximum absolute atomic E-state index is 12.7. The van der Waals surface area contributed by atoms with Crippen LogP contribution in [0.15, 0.2) is 30.5 Å². The van der Waals surface area contributed by atoms with Crippen LogP contribution in [0.4, 0.5) is 5.82 Å². The summed E-state index contributed by atoms with van der Waals surface area (Å²) in [6, 6.07) is 8.04. The Morgan fingerprint density at radius 1 is 1.40 bits per heavy atom. The minimum Gasteiger partial charge on any atom is -0.292 e. The first-order valence-corrected chi connectivity index (χ1v) is 7.95. The SMILES string of the molecule is CCCc1ccc(C(=O)N2CCCc3cccnc32)s1. The van der Waals surface area contributed by atoms with Gasteiger partial charge in [-0.3, -0.25) is 9.69 Å². The molecule has 1 aliphatic heterocycles. The van der Waals surface area contributed by atoms with Crippen LogP contribution in [0.3, 0.4) is 0 Å². The molecule has 2 aromatic heterocycles. The maximum atomic E-state index is 12.7. The number of carbonyl (C=O) groups excluding carboxylic acids is 1. The van der Waals surface area contributed by atoms with E-state index in [1.807, 2.05) is 17.0 Å². The van der Waals surface area contributed by atoms with Crippen molar-refractivity contribution in [3.8, 4) is 0 Å². The highest BCUT2D eigenvalue weighted by atomic mass is 32.1. The molecule has 0 N–H and O–H groups in total. The molecule has 1 amide bonds. The molecule has 1 aliphatic rings. The molecule has 104 valence electrons. The zero-order valence-electron chi connectivity index (χ0n) is 11.6. The Hall–Kier alpha value is -1.68. The number of anilines is 1. The molecular formula is C16H18N2OS. The van der Waals surface area contributed by atoms with Gasteiger partial charge in [-0.15, -0.1) is 11.3 Å². The van der Waals surface area contributed by atoms with Gasteiger partial charge in [0.25, 0.3) is 5.91 Å². The van der Waals surface area contributed by atoms with Crippen LogP contribution < -0.4 is 4.90 Å². The average Bonchev–Trinajstić information content (AvgIpc) is 2.95. The molecule has 3 nitrogen and oxygen atoms in total. The topological polar surface area (TPSA) is 33.2 Å². The molecule has 2 aromatic rings. The highest BCUT2D eigenvalue weighted by Gasteiger charge is 2.25. The normalized spacial score (nSPS) is 14.2. The molecule has 0 fully saturated rings. The van der Waals surface area contributed by atoms with E-state index in [2.05, 4.69) is 24.0 Å². The number of carbonyl (C=O) groups is 1. The smallest absolute Gasteiger partial charge is 0.269 e. The molecule has 0 radical (unpaired) electrons. The minimum absolute atomic E-state index is 0.0944. The Bertz CT molecular complexity index is 620. The fourth-order valence-electron chi connectivity index (χ4n) is 2.61. The monoisotopic (exact) mass is 286 g/mol. The molecule has 0 saturated carbocycles. The standard InChI is InChI=1S/C16H18N2OS/c1-2-5-13-8-9-14(20-13)16(19)18-11-4-7-12-6-3-10-17-15(12)18/h3,6,8-10H,2,4-5,7,11H2,1H3. The number of rotatable bonds is 3. The van der Waals surface area contributed by atoms with Gasteiger partial charge >= 0.3 is 0 Å². The van der Waals surface area contributed by atoms with Crippen molar-refractivity contribution < 1.29 is 4.79 Å². The number of nitrogens with zero attached hydrogens (tertiary/aromatic N) is 2. The van der Waals surface area contributed by atoms with Crippen molar-refractivity contribution in [1.82, 2.24) is 4.98 Å². The van der Waals surface area contributed by atoms with Gasteiger partial charge in [-0.2, -0.15) is 0 Å². The zero-order valence-corrected chi connectivity index (χ0v) is 12.4. The van der Waals surface area contributed by atoms with Crippen LogP contribution >= 0.6 is 11.3 Å². The minimum atomic E-state index is 0.0944. The Balaban J connectivity index is 1.87. The Morgan fingerprint density at radius 3 is 3.15 bits per heavy atom. The van der Waals surface area contributed by atoms with E-state index in [1.54, 1.807) is 17.5 Å². The first-order valence-electron chi connectivity index (χ1n) is 7.14. The van der Waals surface area contributed by atoms with Crippen molar-refractivity contribution in [1.29, 1.82) is 0 Å². The summed E-state index contributed by atoms with van der Waals surface area (Å²) in [6.07, 6.45) is 5.95. The summed E-state index contributed by atoms with van der Waals surface area (Å²) in [7, 11) is 0. The number of hydrogen-bond acceptors (Lipinski definition) is 3. The lowest BCUT2D eigenvalue weighted by Crippen LogP contribution is -2.35. The molecule has 0 aromatic carbocycles. The fourth-order valence-corrected chi connectivity index (χ4v) is 3.66. The van der Waals surface area contributed by atoms with Gasteiger partial charge in [0.05, 0.1) is 4.88 Å². The van der Waals surface area contributed by atoms with Crippen molar-refractivity contribution in [3.05, 3.63) is 45.8 Å². The molecule has 0 saturated heterocycles. The van der Waals surface area contributed by atoms with E-state index in [0.717, 1.165) is 42.9 Å². The van der Waals surface area contributed by atoms with Crippen molar-refractivity contribution in [2.45, 2.75) is 32.6 Å². The van der Waals surface area contributed by atoms with Gasteiger partial charge in [-0.1, -0.05) is 19.4 Å². The molecule has 3 heterocycles. The third kappa shape index (κ3) is 2.48. The predicted octanol–water partition coefficient (Wildman–Crippen LogP) is 3.69.